The monoisotopic (exact) mass is 636 g/mol. The van der Waals surface area contributed by atoms with E-state index in [0.717, 1.165) is 17.7 Å². The molecule has 2 saturated heterocycles. The molecular formula is C20H30N4NaO16P. The number of amides is 1. The topological polar surface area (TPSA) is 326 Å². The van der Waals surface area contributed by atoms with Gasteiger partial charge in [-0.2, -0.15) is 4.98 Å². The van der Waals surface area contributed by atoms with Crippen LogP contribution in [0.4, 0.5) is 5.82 Å². The van der Waals surface area contributed by atoms with E-state index in [1.54, 1.807) is 0 Å². The fourth-order valence-corrected chi connectivity index (χ4v) is 5.25. The van der Waals surface area contributed by atoms with E-state index in [9.17, 15) is 59.6 Å². The van der Waals surface area contributed by atoms with Crippen LogP contribution in [0, 0.1) is 0 Å². The second-order valence-electron chi connectivity index (χ2n) is 9.30. The number of rotatable bonds is 11. The van der Waals surface area contributed by atoms with Gasteiger partial charge in [-0.05, 0) is 6.07 Å². The Morgan fingerprint density at radius 1 is 1.33 bits per heavy atom. The van der Waals surface area contributed by atoms with Gasteiger partial charge in [-0.1, -0.05) is 0 Å². The number of nitrogens with zero attached hydrogens (tertiary/aromatic N) is 2. The summed E-state index contributed by atoms with van der Waals surface area (Å²) in [5.41, 5.74) is 4.44. The van der Waals surface area contributed by atoms with Gasteiger partial charge < -0.3 is 65.7 Å². The van der Waals surface area contributed by atoms with Crippen LogP contribution in [-0.2, 0) is 32.7 Å². The molecule has 3 rings (SSSR count). The van der Waals surface area contributed by atoms with Gasteiger partial charge in [0.25, 0.3) is 13.6 Å². The van der Waals surface area contributed by atoms with Crippen LogP contribution in [0.15, 0.2) is 17.1 Å². The van der Waals surface area contributed by atoms with E-state index in [-0.39, 0.29) is 35.4 Å². The van der Waals surface area contributed by atoms with Crippen LogP contribution in [0.25, 0.3) is 0 Å². The number of carboxylic acids is 1. The van der Waals surface area contributed by atoms with Crippen molar-refractivity contribution in [1.29, 1.82) is 0 Å². The number of aliphatic hydroxyl groups is 6. The van der Waals surface area contributed by atoms with Crippen molar-refractivity contribution in [3.05, 3.63) is 22.7 Å². The number of hydrogen-bond donors (Lipinski definition) is 9. The molecule has 2 aliphatic heterocycles. The average molecular weight is 636 g/mol. The zero-order chi connectivity index (χ0) is 30.9. The molecule has 0 spiro atoms. The minimum absolute atomic E-state index is 0. The standard InChI is InChI=1S/C20H31N4O16P.Na/c1-7(26)22-12-8(27)4-20(18(32)33,39-16(12)13(29)9(28)5-25)40-41(35,36)37-6-10-14(30)15(31)17(38-10)24-3-2-11(21)23-19(24)34;/h2-3,8-10,12-17,25,27-31H,4-6H2,1H3,(H,22,26)(H,32,33)(H,35,36)(H2,21,23,34);/q;+1/p-1/t8-,9+,10+,12+,13+,14+,15+,16-,17+,20+;/m0./s1. The van der Waals surface area contributed by atoms with Crippen LogP contribution in [0.5, 0.6) is 0 Å². The van der Waals surface area contributed by atoms with Crippen molar-refractivity contribution in [3.63, 3.8) is 0 Å². The van der Waals surface area contributed by atoms with Gasteiger partial charge in [0, 0.05) is 19.5 Å². The van der Waals surface area contributed by atoms with E-state index in [1.807, 2.05) is 0 Å². The SMILES string of the molecule is CC(=O)N[C@H]1[C@@H]([C@H](O)[C@H](O)CO)O[C@](OP(=O)([O-])OC[C@H]2O[C@@H](n3ccc(N)nc3=O)[C@H](O)[C@@H]2O)(C(=O)O)C[C@@H]1O.[Na+]. The van der Waals surface area contributed by atoms with Gasteiger partial charge in [-0.15, -0.1) is 0 Å². The molecular weight excluding hydrogens is 606 g/mol. The van der Waals surface area contributed by atoms with E-state index >= 15 is 0 Å². The van der Waals surface area contributed by atoms with Crippen LogP contribution in [-0.4, -0.2) is 125 Å². The molecule has 42 heavy (non-hydrogen) atoms. The van der Waals surface area contributed by atoms with Crippen molar-refractivity contribution in [1.82, 2.24) is 14.9 Å². The summed E-state index contributed by atoms with van der Waals surface area (Å²) >= 11 is 0. The van der Waals surface area contributed by atoms with Crippen molar-refractivity contribution in [2.24, 2.45) is 0 Å². The van der Waals surface area contributed by atoms with Crippen molar-refractivity contribution < 1.29 is 103 Å². The van der Waals surface area contributed by atoms with E-state index < -0.39 is 106 Å². The number of ether oxygens (including phenoxy) is 2. The smallest absolute Gasteiger partial charge is 0.756 e. The van der Waals surface area contributed by atoms with E-state index in [0.29, 0.717) is 0 Å². The number of nitrogens with one attached hydrogen (secondary N) is 1. The number of hydrogen-bond acceptors (Lipinski definition) is 17. The summed E-state index contributed by atoms with van der Waals surface area (Å²) in [4.78, 5) is 51.9. The molecule has 0 bridgehead atoms. The number of nitrogens with two attached hydrogens (primary N) is 1. The Bertz CT molecular complexity index is 1220. The third-order valence-corrected chi connectivity index (χ3v) is 7.29. The molecule has 11 atom stereocenters. The van der Waals surface area contributed by atoms with Gasteiger partial charge in [0.1, 0.15) is 42.4 Å². The Kier molecular flexibility index (Phi) is 12.6. The summed E-state index contributed by atoms with van der Waals surface area (Å²) in [6.45, 7) is -1.13. The molecule has 2 aliphatic rings. The van der Waals surface area contributed by atoms with Crippen molar-refractivity contribution >= 4 is 25.5 Å². The number of nitrogen functional groups attached to an aromatic ring is 1. The Balaban J connectivity index is 0.00000616. The number of phosphoric ester groups is 1. The summed E-state index contributed by atoms with van der Waals surface area (Å²) in [7, 11) is -5.77. The largest absolute Gasteiger partial charge is 1.00 e. The summed E-state index contributed by atoms with van der Waals surface area (Å²) in [5.74, 6) is -6.32. The van der Waals surface area contributed by atoms with Gasteiger partial charge in [-0.25, -0.2) is 9.59 Å². The van der Waals surface area contributed by atoms with Crippen molar-refractivity contribution in [3.8, 4) is 0 Å². The summed E-state index contributed by atoms with van der Waals surface area (Å²) < 4.78 is 33.3. The molecule has 22 heteroatoms. The second-order valence-corrected chi connectivity index (χ2v) is 10.6. The number of carboxylic acid groups (broad SMARTS) is 1. The summed E-state index contributed by atoms with van der Waals surface area (Å²) in [6, 6.07) is -0.393. The number of anilines is 1. The first-order chi connectivity index (χ1) is 19.0. The number of aromatic nitrogens is 2. The summed E-state index contributed by atoms with van der Waals surface area (Å²) in [6.07, 6.45) is -14.9. The number of carbonyl (C=O) groups excluding carboxylic acids is 1. The fraction of sp³-hybridized carbons (Fsp3) is 0.700. The third-order valence-electron chi connectivity index (χ3n) is 6.31. The minimum Gasteiger partial charge on any atom is -0.756 e. The first-order valence-electron chi connectivity index (χ1n) is 11.9. The molecule has 1 unspecified atom stereocenters. The van der Waals surface area contributed by atoms with E-state index in [4.69, 9.17) is 15.2 Å². The zero-order valence-corrected chi connectivity index (χ0v) is 25.1. The average Bonchev–Trinajstić information content (AvgIpc) is 3.16. The Morgan fingerprint density at radius 2 is 1.98 bits per heavy atom. The Hall–Kier alpha value is -1.59. The molecule has 232 valence electrons. The maximum absolute atomic E-state index is 12.7. The number of aliphatic hydroxyl groups excluding tert-OH is 6. The predicted octanol–water partition coefficient (Wildman–Crippen LogP) is -8.90. The van der Waals surface area contributed by atoms with Crippen LogP contribution in [0.1, 0.15) is 19.6 Å². The molecule has 0 radical (unpaired) electrons. The molecule has 3 heterocycles. The predicted molar refractivity (Wildman–Crippen MR) is 126 cm³/mol. The first kappa shape index (κ1) is 36.6. The van der Waals surface area contributed by atoms with Crippen molar-refractivity contribution in [2.45, 2.75) is 74.1 Å². The molecule has 1 aromatic heterocycles. The molecule has 1 amide bonds. The maximum atomic E-state index is 12.7. The fourth-order valence-electron chi connectivity index (χ4n) is 4.31. The second kappa shape index (κ2) is 14.5. The Labute approximate surface area is 258 Å². The molecule has 2 fully saturated rings. The maximum Gasteiger partial charge on any atom is 1.00 e. The van der Waals surface area contributed by atoms with Crippen LogP contribution in [0.2, 0.25) is 0 Å². The third kappa shape index (κ3) is 8.11. The normalized spacial score (nSPS) is 34.0. The molecule has 0 aliphatic carbocycles. The van der Waals surface area contributed by atoms with Gasteiger partial charge >= 0.3 is 41.2 Å². The number of phosphoric acid groups is 1. The van der Waals surface area contributed by atoms with E-state index in [2.05, 4.69) is 19.3 Å². The van der Waals surface area contributed by atoms with Gasteiger partial charge in [0.05, 0.1) is 25.4 Å². The molecule has 1 aromatic rings. The first-order valence-corrected chi connectivity index (χ1v) is 13.3. The van der Waals surface area contributed by atoms with Gasteiger partial charge in [-0.3, -0.25) is 18.5 Å². The van der Waals surface area contributed by atoms with Crippen molar-refractivity contribution in [2.75, 3.05) is 18.9 Å². The molecule has 10 N–H and O–H groups in total. The van der Waals surface area contributed by atoms with Crippen LogP contribution < -0.4 is 51.2 Å². The molecule has 0 saturated carbocycles. The Morgan fingerprint density at radius 3 is 2.52 bits per heavy atom. The van der Waals surface area contributed by atoms with Gasteiger partial charge in [0.2, 0.25) is 5.91 Å². The number of aliphatic carboxylic acids is 1. The summed E-state index contributed by atoms with van der Waals surface area (Å²) in [5, 5.41) is 72.5. The number of carbonyl (C=O) groups is 2. The quantitative estimate of drug-likeness (QED) is 0.0804. The zero-order valence-electron chi connectivity index (χ0n) is 22.2. The van der Waals surface area contributed by atoms with Gasteiger partial charge in [0.15, 0.2) is 6.23 Å². The molecule has 20 nitrogen and oxygen atoms in total. The van der Waals surface area contributed by atoms with Crippen LogP contribution in [0.3, 0.4) is 0 Å². The minimum atomic E-state index is -5.77. The molecule has 0 aromatic carbocycles. The van der Waals surface area contributed by atoms with Crippen LogP contribution >= 0.6 is 7.82 Å². The van der Waals surface area contributed by atoms with E-state index in [1.165, 1.54) is 6.07 Å².